The quantitative estimate of drug-likeness (QED) is 0.866. The summed E-state index contributed by atoms with van der Waals surface area (Å²) in [6.45, 7) is 2.02. The van der Waals surface area contributed by atoms with Crippen molar-refractivity contribution in [1.29, 1.82) is 0 Å². The summed E-state index contributed by atoms with van der Waals surface area (Å²) in [5.74, 6) is -2.36. The van der Waals surface area contributed by atoms with Gasteiger partial charge in [-0.2, -0.15) is 13.2 Å². The van der Waals surface area contributed by atoms with Gasteiger partial charge in [-0.3, -0.25) is 9.36 Å². The van der Waals surface area contributed by atoms with Crippen LogP contribution in [0.1, 0.15) is 11.1 Å². The number of aromatic nitrogens is 2. The number of amides is 1. The number of halogens is 3. The third kappa shape index (κ3) is 4.81. The minimum atomic E-state index is -4.61. The Morgan fingerprint density at radius 1 is 1.28 bits per heavy atom. The molecule has 0 spiro atoms. The molecule has 0 aliphatic rings. The molecule has 6 nitrogen and oxygen atoms in total. The molecule has 0 radical (unpaired) electrons. The van der Waals surface area contributed by atoms with Gasteiger partial charge < -0.3 is 5.32 Å². The van der Waals surface area contributed by atoms with E-state index in [2.05, 4.69) is 4.98 Å². The number of carbonyl (C=O) groups excluding carboxylic acids is 1. The molecule has 2 aromatic rings. The van der Waals surface area contributed by atoms with Crippen molar-refractivity contribution in [1.82, 2.24) is 14.9 Å². The Hall–Kier alpha value is -2.36. The number of alkyl halides is 3. The lowest BCUT2D eigenvalue weighted by Gasteiger charge is -2.12. The van der Waals surface area contributed by atoms with E-state index in [1.807, 2.05) is 13.0 Å². The second-order valence-corrected chi connectivity index (χ2v) is 7.40. The average molecular weight is 375 g/mol. The molecule has 1 heterocycles. The highest BCUT2D eigenvalue weighted by Crippen LogP contribution is 2.20. The third-order valence-electron chi connectivity index (χ3n) is 3.32. The number of aryl methyl sites for hydroxylation is 2. The first-order valence-electron chi connectivity index (χ1n) is 7.17. The molecule has 10 heteroatoms. The van der Waals surface area contributed by atoms with Gasteiger partial charge in [0.05, 0.1) is 5.69 Å². The van der Waals surface area contributed by atoms with Crippen LogP contribution in [0, 0.1) is 13.8 Å². The average Bonchev–Trinajstić information content (AvgIpc) is 2.97. The van der Waals surface area contributed by atoms with Crippen molar-refractivity contribution in [3.05, 3.63) is 41.7 Å². The molecule has 0 aliphatic heterocycles. The fraction of sp³-hybridized carbons (Fsp3) is 0.333. The number of benzene rings is 1. The van der Waals surface area contributed by atoms with E-state index in [1.54, 1.807) is 24.4 Å². The monoisotopic (exact) mass is 375 g/mol. The van der Waals surface area contributed by atoms with Crippen LogP contribution in [-0.4, -0.2) is 42.3 Å². The zero-order chi connectivity index (χ0) is 18.8. The summed E-state index contributed by atoms with van der Waals surface area (Å²) in [4.78, 5) is 15.3. The summed E-state index contributed by atoms with van der Waals surface area (Å²) in [6, 6.07) is 5.41. The van der Waals surface area contributed by atoms with Crippen LogP contribution in [0.4, 0.5) is 13.2 Å². The highest BCUT2D eigenvalue weighted by atomic mass is 32.2. The smallest absolute Gasteiger partial charge is 0.346 e. The molecule has 25 heavy (non-hydrogen) atoms. The summed E-state index contributed by atoms with van der Waals surface area (Å²) in [5.41, 5.74) is 2.23. The molecule has 0 saturated carbocycles. The van der Waals surface area contributed by atoms with Gasteiger partial charge in [0.25, 0.3) is 0 Å². The molecular weight excluding hydrogens is 359 g/mol. The zero-order valence-corrected chi connectivity index (χ0v) is 14.3. The standard InChI is InChI=1S/C15H16F3N3O3S/c1-10-3-4-11(2)12(7-10)21-6-5-19-14(21)25(23,24)8-13(22)20-9-15(16,17)18/h3-7H,8-9H2,1-2H3,(H,20,22). The second kappa shape index (κ2) is 6.87. The maximum atomic E-state index is 12.4. The lowest BCUT2D eigenvalue weighted by molar-refractivity contribution is -0.137. The van der Waals surface area contributed by atoms with Gasteiger partial charge in [0, 0.05) is 12.4 Å². The minimum Gasteiger partial charge on any atom is -0.346 e. The van der Waals surface area contributed by atoms with E-state index >= 15 is 0 Å². The number of nitrogens with zero attached hydrogens (tertiary/aromatic N) is 2. The molecule has 0 bridgehead atoms. The Morgan fingerprint density at radius 2 is 1.96 bits per heavy atom. The van der Waals surface area contributed by atoms with Gasteiger partial charge in [0.2, 0.25) is 20.9 Å². The highest BCUT2D eigenvalue weighted by Gasteiger charge is 2.30. The first-order valence-corrected chi connectivity index (χ1v) is 8.82. The molecule has 136 valence electrons. The van der Waals surface area contributed by atoms with Crippen LogP contribution in [0.15, 0.2) is 35.7 Å². The van der Waals surface area contributed by atoms with Crippen molar-refractivity contribution >= 4 is 15.7 Å². The number of carbonyl (C=O) groups is 1. The number of nitrogens with one attached hydrogen (secondary N) is 1. The van der Waals surface area contributed by atoms with Gasteiger partial charge >= 0.3 is 6.18 Å². The fourth-order valence-electron chi connectivity index (χ4n) is 2.17. The molecule has 0 fully saturated rings. The van der Waals surface area contributed by atoms with Crippen LogP contribution in [0.25, 0.3) is 5.69 Å². The van der Waals surface area contributed by atoms with Gasteiger partial charge in [-0.05, 0) is 31.0 Å². The number of rotatable bonds is 5. The second-order valence-electron chi connectivity index (χ2n) is 5.52. The van der Waals surface area contributed by atoms with E-state index < -0.39 is 39.4 Å². The maximum Gasteiger partial charge on any atom is 0.405 e. The normalized spacial score (nSPS) is 12.2. The van der Waals surface area contributed by atoms with Crippen LogP contribution >= 0.6 is 0 Å². The van der Waals surface area contributed by atoms with Gasteiger partial charge in [0.15, 0.2) is 0 Å². The van der Waals surface area contributed by atoms with E-state index in [4.69, 9.17) is 0 Å². The third-order valence-corrected chi connectivity index (χ3v) is 4.82. The molecule has 0 saturated heterocycles. The maximum absolute atomic E-state index is 12.4. The van der Waals surface area contributed by atoms with Crippen LogP contribution in [0.5, 0.6) is 0 Å². The molecule has 1 N–H and O–H groups in total. The van der Waals surface area contributed by atoms with Crippen molar-refractivity contribution in [3.8, 4) is 5.69 Å². The van der Waals surface area contributed by atoms with Crippen molar-refractivity contribution in [2.45, 2.75) is 25.2 Å². The van der Waals surface area contributed by atoms with Crippen molar-refractivity contribution in [3.63, 3.8) is 0 Å². The molecule has 1 aromatic carbocycles. The largest absolute Gasteiger partial charge is 0.405 e. The van der Waals surface area contributed by atoms with E-state index in [1.165, 1.54) is 17.0 Å². The van der Waals surface area contributed by atoms with Crippen LogP contribution in [0.3, 0.4) is 0 Å². The van der Waals surface area contributed by atoms with Gasteiger partial charge in [-0.1, -0.05) is 12.1 Å². The molecule has 0 unspecified atom stereocenters. The summed E-state index contributed by atoms with van der Waals surface area (Å²) < 4.78 is 62.4. The lowest BCUT2D eigenvalue weighted by Crippen LogP contribution is -2.37. The summed E-state index contributed by atoms with van der Waals surface area (Å²) in [5, 5.41) is 1.14. The summed E-state index contributed by atoms with van der Waals surface area (Å²) >= 11 is 0. The number of imidazole rings is 1. The SMILES string of the molecule is Cc1ccc(C)c(-n2ccnc2S(=O)(=O)CC(=O)NCC(F)(F)F)c1. The Labute approximate surface area is 142 Å². The van der Waals surface area contributed by atoms with Crippen LogP contribution in [0.2, 0.25) is 0 Å². The van der Waals surface area contributed by atoms with Crippen molar-refractivity contribution in [2.24, 2.45) is 0 Å². The number of hydrogen-bond donors (Lipinski definition) is 1. The molecular formula is C15H16F3N3O3S. The van der Waals surface area contributed by atoms with Crippen LogP contribution < -0.4 is 5.32 Å². The van der Waals surface area contributed by atoms with Gasteiger partial charge in [-0.15, -0.1) is 0 Å². The summed E-state index contributed by atoms with van der Waals surface area (Å²) in [6.07, 6.45) is -1.94. The van der Waals surface area contributed by atoms with E-state index in [-0.39, 0.29) is 0 Å². The van der Waals surface area contributed by atoms with Gasteiger partial charge in [-0.25, -0.2) is 13.4 Å². The topological polar surface area (TPSA) is 81.1 Å². The van der Waals surface area contributed by atoms with Crippen molar-refractivity contribution < 1.29 is 26.4 Å². The van der Waals surface area contributed by atoms with Crippen molar-refractivity contribution in [2.75, 3.05) is 12.3 Å². The Morgan fingerprint density at radius 3 is 2.60 bits per heavy atom. The number of hydrogen-bond acceptors (Lipinski definition) is 4. The highest BCUT2D eigenvalue weighted by molar-refractivity contribution is 7.92. The predicted molar refractivity (Wildman–Crippen MR) is 84.2 cm³/mol. The molecule has 1 amide bonds. The van der Waals surface area contributed by atoms with E-state index in [0.717, 1.165) is 11.1 Å². The minimum absolute atomic E-state index is 0.400. The molecule has 1 aromatic heterocycles. The molecule has 0 aliphatic carbocycles. The Balaban J connectivity index is 2.29. The zero-order valence-electron chi connectivity index (χ0n) is 13.5. The first kappa shape index (κ1) is 19.0. The fourth-order valence-corrected chi connectivity index (χ4v) is 3.43. The Kier molecular flexibility index (Phi) is 5.21. The van der Waals surface area contributed by atoms with Crippen LogP contribution in [-0.2, 0) is 14.6 Å². The van der Waals surface area contributed by atoms with E-state index in [0.29, 0.717) is 5.69 Å². The predicted octanol–water partition coefficient (Wildman–Crippen LogP) is 1.94. The Bertz CT molecular complexity index is 889. The molecule has 0 atom stereocenters. The lowest BCUT2D eigenvalue weighted by atomic mass is 10.1. The van der Waals surface area contributed by atoms with E-state index in [9.17, 15) is 26.4 Å². The van der Waals surface area contributed by atoms with Gasteiger partial charge in [0.1, 0.15) is 12.3 Å². The number of sulfone groups is 1. The first-order chi connectivity index (χ1) is 11.5. The summed E-state index contributed by atoms with van der Waals surface area (Å²) in [7, 11) is -4.22. The molecule has 2 rings (SSSR count).